The molecule has 0 saturated heterocycles. The van der Waals surface area contributed by atoms with E-state index >= 15 is 0 Å². The molecule has 0 spiro atoms. The average Bonchev–Trinajstić information content (AvgIpc) is 3.45. The molecule has 1 aliphatic carbocycles. The molecule has 4 aromatic rings. The number of thiazole rings is 1. The highest BCUT2D eigenvalue weighted by Gasteiger charge is 2.32. The van der Waals surface area contributed by atoms with Gasteiger partial charge in [0.25, 0.3) is 0 Å². The van der Waals surface area contributed by atoms with E-state index in [0.29, 0.717) is 29.4 Å². The van der Waals surface area contributed by atoms with E-state index in [9.17, 15) is 4.79 Å². The van der Waals surface area contributed by atoms with Gasteiger partial charge < -0.3 is 10.1 Å². The Hall–Kier alpha value is -3.59. The van der Waals surface area contributed by atoms with Gasteiger partial charge in [-0.2, -0.15) is 4.68 Å². The number of rotatable bonds is 5. The van der Waals surface area contributed by atoms with Gasteiger partial charge in [0, 0.05) is 11.6 Å². The lowest BCUT2D eigenvalue weighted by Crippen LogP contribution is -2.29. The van der Waals surface area contributed by atoms with Crippen molar-refractivity contribution in [2.75, 3.05) is 12.4 Å². The molecule has 2 aromatic carbocycles. The second kappa shape index (κ2) is 8.51. The topological polar surface area (TPSA) is 94.8 Å². The smallest absolute Gasteiger partial charge is 0.228 e. The molecule has 162 valence electrons. The lowest BCUT2D eigenvalue weighted by molar-refractivity contribution is -0.120. The minimum atomic E-state index is -0.194. The fourth-order valence-electron chi connectivity index (χ4n) is 4.05. The van der Waals surface area contributed by atoms with Gasteiger partial charge in [0.2, 0.25) is 5.91 Å². The first-order valence-electron chi connectivity index (χ1n) is 10.4. The summed E-state index contributed by atoms with van der Waals surface area (Å²) in [6.45, 7) is 1.81. The van der Waals surface area contributed by atoms with Gasteiger partial charge in [-0.1, -0.05) is 24.3 Å². The zero-order valence-corrected chi connectivity index (χ0v) is 18.5. The van der Waals surface area contributed by atoms with Crippen molar-refractivity contribution in [2.45, 2.75) is 25.7 Å². The van der Waals surface area contributed by atoms with Crippen LogP contribution in [0.15, 0.2) is 54.6 Å². The third kappa shape index (κ3) is 3.75. The Morgan fingerprint density at radius 1 is 1.19 bits per heavy atom. The van der Waals surface area contributed by atoms with Crippen molar-refractivity contribution in [1.29, 1.82) is 0 Å². The number of allylic oxidation sites excluding steroid dienone is 2. The minimum absolute atomic E-state index is 0.0249. The van der Waals surface area contributed by atoms with Crippen molar-refractivity contribution in [3.8, 4) is 11.4 Å². The van der Waals surface area contributed by atoms with Gasteiger partial charge in [-0.05, 0) is 60.5 Å². The summed E-state index contributed by atoms with van der Waals surface area (Å²) >= 11 is 1.67. The molecule has 0 aliphatic heterocycles. The number of nitrogens with zero attached hydrogens (tertiary/aromatic N) is 5. The highest BCUT2D eigenvalue weighted by atomic mass is 32.1. The van der Waals surface area contributed by atoms with E-state index in [1.165, 1.54) is 0 Å². The van der Waals surface area contributed by atoms with Crippen LogP contribution in [0.1, 0.15) is 29.6 Å². The first kappa shape index (κ1) is 20.3. The summed E-state index contributed by atoms with van der Waals surface area (Å²) in [6.07, 6.45) is 5.71. The number of hydrogen-bond acceptors (Lipinski definition) is 7. The fourth-order valence-corrected chi connectivity index (χ4v) is 5.19. The van der Waals surface area contributed by atoms with Gasteiger partial charge >= 0.3 is 0 Å². The minimum Gasteiger partial charge on any atom is -0.494 e. The van der Waals surface area contributed by atoms with E-state index in [2.05, 4.69) is 39.1 Å². The van der Waals surface area contributed by atoms with Gasteiger partial charge in [-0.15, -0.1) is 16.4 Å². The van der Waals surface area contributed by atoms with Crippen molar-refractivity contribution in [2.24, 2.45) is 5.92 Å². The van der Waals surface area contributed by atoms with Crippen molar-refractivity contribution in [3.63, 3.8) is 0 Å². The van der Waals surface area contributed by atoms with Crippen molar-refractivity contribution in [1.82, 2.24) is 25.2 Å². The molecular weight excluding hydrogens is 424 g/mol. The molecule has 0 fully saturated rings. The third-order valence-corrected chi connectivity index (χ3v) is 6.87. The maximum absolute atomic E-state index is 13.3. The number of nitrogens with one attached hydrogen (secondary N) is 1. The van der Waals surface area contributed by atoms with Crippen LogP contribution in [0.25, 0.3) is 15.9 Å². The molecule has 0 bridgehead atoms. The number of fused-ring (bicyclic) bond motifs is 1. The normalized spacial score (nSPS) is 18.1. The second-order valence-electron chi connectivity index (χ2n) is 7.69. The summed E-state index contributed by atoms with van der Waals surface area (Å²) in [5, 5.41) is 15.8. The molecule has 2 atom stereocenters. The highest BCUT2D eigenvalue weighted by molar-refractivity contribution is 7.18. The lowest BCUT2D eigenvalue weighted by atomic mass is 9.82. The number of amides is 1. The molecule has 32 heavy (non-hydrogen) atoms. The van der Waals surface area contributed by atoms with Gasteiger partial charge in [0.1, 0.15) is 11.4 Å². The van der Waals surface area contributed by atoms with Crippen molar-refractivity contribution < 1.29 is 9.53 Å². The molecule has 1 aliphatic rings. The van der Waals surface area contributed by atoms with Gasteiger partial charge in [-0.25, -0.2) is 4.98 Å². The number of ether oxygens (including phenoxy) is 1. The number of tetrazole rings is 1. The SMILES string of the molecule is COc1ccc(NC(=O)C2CC=CCC2c2nc3ccccc3s2)cc1-n1nnnc1C. The van der Waals surface area contributed by atoms with Crippen LogP contribution < -0.4 is 10.1 Å². The second-order valence-corrected chi connectivity index (χ2v) is 8.75. The van der Waals surface area contributed by atoms with Crippen LogP contribution in [0.5, 0.6) is 5.75 Å². The Morgan fingerprint density at radius 3 is 2.81 bits per heavy atom. The van der Waals surface area contributed by atoms with E-state index in [1.807, 2.05) is 37.3 Å². The van der Waals surface area contributed by atoms with Crippen LogP contribution in [0.2, 0.25) is 0 Å². The summed E-state index contributed by atoms with van der Waals surface area (Å²) in [5.41, 5.74) is 2.31. The summed E-state index contributed by atoms with van der Waals surface area (Å²) in [7, 11) is 1.59. The standard InChI is InChI=1S/C23H22N6O2S/c1-14-26-27-28-29(14)19-13-15(11-12-20(19)31-2)24-22(30)16-7-3-4-8-17(16)23-25-18-9-5-6-10-21(18)32-23/h3-6,9-13,16-17H,7-8H2,1-2H3,(H,24,30). The van der Waals surface area contributed by atoms with Crippen LogP contribution >= 0.6 is 11.3 Å². The first-order chi connectivity index (χ1) is 15.6. The fraction of sp³-hybridized carbons (Fsp3) is 0.261. The highest BCUT2D eigenvalue weighted by Crippen LogP contribution is 2.39. The molecule has 1 N–H and O–H groups in total. The Kier molecular flexibility index (Phi) is 5.40. The quantitative estimate of drug-likeness (QED) is 0.460. The first-order valence-corrected chi connectivity index (χ1v) is 11.2. The number of anilines is 1. The Morgan fingerprint density at radius 2 is 2.03 bits per heavy atom. The molecular formula is C23H22N6O2S. The Labute approximate surface area is 188 Å². The zero-order chi connectivity index (χ0) is 22.1. The van der Waals surface area contributed by atoms with Crippen LogP contribution in [0, 0.1) is 12.8 Å². The molecule has 0 saturated carbocycles. The van der Waals surface area contributed by atoms with Gasteiger partial charge in [0.15, 0.2) is 5.82 Å². The van der Waals surface area contributed by atoms with E-state index in [1.54, 1.807) is 29.2 Å². The molecule has 2 heterocycles. The summed E-state index contributed by atoms with van der Waals surface area (Å²) < 4.78 is 8.19. The predicted molar refractivity (Wildman–Crippen MR) is 123 cm³/mol. The lowest BCUT2D eigenvalue weighted by Gasteiger charge is -2.26. The maximum Gasteiger partial charge on any atom is 0.228 e. The van der Waals surface area contributed by atoms with Crippen molar-refractivity contribution in [3.05, 3.63) is 65.4 Å². The van der Waals surface area contributed by atoms with Crippen molar-refractivity contribution >= 4 is 33.1 Å². The molecule has 2 unspecified atom stereocenters. The molecule has 2 aromatic heterocycles. The van der Waals surface area contributed by atoms with E-state index in [4.69, 9.17) is 9.72 Å². The van der Waals surface area contributed by atoms with Crippen LogP contribution in [-0.4, -0.2) is 38.2 Å². The Balaban J connectivity index is 1.42. The monoisotopic (exact) mass is 446 g/mol. The number of carbonyl (C=O) groups is 1. The summed E-state index contributed by atoms with van der Waals surface area (Å²) in [6, 6.07) is 13.6. The summed E-state index contributed by atoms with van der Waals surface area (Å²) in [4.78, 5) is 18.2. The number of para-hydroxylation sites is 1. The number of methoxy groups -OCH3 is 1. The molecule has 9 heteroatoms. The summed E-state index contributed by atoms with van der Waals surface area (Å²) in [5.74, 6) is 1.08. The van der Waals surface area contributed by atoms with Crippen LogP contribution in [-0.2, 0) is 4.79 Å². The molecule has 1 amide bonds. The average molecular weight is 447 g/mol. The number of aryl methyl sites for hydroxylation is 1. The number of aromatic nitrogens is 5. The van der Waals surface area contributed by atoms with Crippen LogP contribution in [0.4, 0.5) is 5.69 Å². The maximum atomic E-state index is 13.3. The predicted octanol–water partition coefficient (Wildman–Crippen LogP) is 4.28. The van der Waals surface area contributed by atoms with E-state index in [-0.39, 0.29) is 17.7 Å². The third-order valence-electron chi connectivity index (χ3n) is 5.70. The zero-order valence-electron chi connectivity index (χ0n) is 17.7. The van der Waals surface area contributed by atoms with Gasteiger partial charge in [0.05, 0.1) is 28.3 Å². The Bertz CT molecular complexity index is 1280. The molecule has 8 nitrogen and oxygen atoms in total. The number of hydrogen-bond donors (Lipinski definition) is 1. The molecule has 5 rings (SSSR count). The largest absolute Gasteiger partial charge is 0.494 e. The number of benzene rings is 2. The van der Waals surface area contributed by atoms with E-state index in [0.717, 1.165) is 21.6 Å². The van der Waals surface area contributed by atoms with E-state index < -0.39 is 0 Å². The van der Waals surface area contributed by atoms with Gasteiger partial charge in [-0.3, -0.25) is 4.79 Å². The molecule has 0 radical (unpaired) electrons. The number of carbonyl (C=O) groups excluding carboxylic acids is 1. The van der Waals surface area contributed by atoms with Crippen LogP contribution in [0.3, 0.4) is 0 Å².